The molecule has 0 saturated heterocycles. The zero-order valence-electron chi connectivity index (χ0n) is 14.0. The van der Waals surface area contributed by atoms with E-state index in [2.05, 4.69) is 27.0 Å². The molecule has 0 aliphatic carbocycles. The smallest absolute Gasteiger partial charge is 0.163 e. The standard InChI is InChI=1S/C16H21N7O/c1-3-4-14-19-15-12(8-17-21(15)2)16(20-14)22-9-11-7-18-23(5-6-24)13(11)10-22/h7-8,24H,3-6,9-10H2,1-2H3. The largest absolute Gasteiger partial charge is 0.394 e. The van der Waals surface area contributed by atoms with Gasteiger partial charge in [0.1, 0.15) is 11.6 Å². The van der Waals surface area contributed by atoms with Crippen LogP contribution in [0.25, 0.3) is 11.0 Å². The van der Waals surface area contributed by atoms with Crippen molar-refractivity contribution >= 4 is 16.9 Å². The summed E-state index contributed by atoms with van der Waals surface area (Å²) in [6.07, 6.45) is 5.59. The Kier molecular flexibility index (Phi) is 3.68. The second kappa shape index (κ2) is 5.86. The first-order valence-electron chi connectivity index (χ1n) is 8.29. The minimum Gasteiger partial charge on any atom is -0.394 e. The van der Waals surface area contributed by atoms with Gasteiger partial charge in [-0.15, -0.1) is 0 Å². The van der Waals surface area contributed by atoms with Gasteiger partial charge in [0, 0.05) is 25.6 Å². The summed E-state index contributed by atoms with van der Waals surface area (Å²) in [5.74, 6) is 1.79. The molecular weight excluding hydrogens is 306 g/mol. The second-order valence-electron chi connectivity index (χ2n) is 6.14. The predicted molar refractivity (Wildman–Crippen MR) is 89.5 cm³/mol. The lowest BCUT2D eigenvalue weighted by atomic mass is 10.3. The minimum absolute atomic E-state index is 0.0924. The zero-order chi connectivity index (χ0) is 16.7. The van der Waals surface area contributed by atoms with Crippen LogP contribution in [0.3, 0.4) is 0 Å². The van der Waals surface area contributed by atoms with Crippen LogP contribution in [0.1, 0.15) is 30.4 Å². The van der Waals surface area contributed by atoms with Gasteiger partial charge in [0.15, 0.2) is 5.65 Å². The van der Waals surface area contributed by atoms with E-state index in [9.17, 15) is 5.11 Å². The van der Waals surface area contributed by atoms with E-state index in [1.165, 1.54) is 5.56 Å². The summed E-state index contributed by atoms with van der Waals surface area (Å²) in [4.78, 5) is 11.7. The molecule has 0 spiro atoms. The highest BCUT2D eigenvalue weighted by atomic mass is 16.3. The van der Waals surface area contributed by atoms with Crippen LogP contribution in [0.4, 0.5) is 5.82 Å². The predicted octanol–water partition coefficient (Wildman–Crippen LogP) is 1.02. The van der Waals surface area contributed by atoms with E-state index in [4.69, 9.17) is 4.98 Å². The highest BCUT2D eigenvalue weighted by Gasteiger charge is 2.27. The van der Waals surface area contributed by atoms with Crippen molar-refractivity contribution in [1.29, 1.82) is 0 Å². The number of rotatable bonds is 5. The molecule has 0 radical (unpaired) electrons. The van der Waals surface area contributed by atoms with Crippen molar-refractivity contribution in [2.24, 2.45) is 7.05 Å². The highest BCUT2D eigenvalue weighted by Crippen LogP contribution is 2.31. The first-order valence-corrected chi connectivity index (χ1v) is 8.29. The Morgan fingerprint density at radius 1 is 1.17 bits per heavy atom. The fourth-order valence-electron chi connectivity index (χ4n) is 3.27. The van der Waals surface area contributed by atoms with Gasteiger partial charge in [-0.2, -0.15) is 10.2 Å². The summed E-state index contributed by atoms with van der Waals surface area (Å²) in [6, 6.07) is 0. The van der Waals surface area contributed by atoms with Crippen molar-refractivity contribution in [3.05, 3.63) is 29.5 Å². The fourth-order valence-corrected chi connectivity index (χ4v) is 3.27. The first-order chi connectivity index (χ1) is 11.7. The monoisotopic (exact) mass is 327 g/mol. The third kappa shape index (κ3) is 2.34. The van der Waals surface area contributed by atoms with E-state index in [1.807, 2.05) is 24.1 Å². The Balaban J connectivity index is 1.74. The summed E-state index contributed by atoms with van der Waals surface area (Å²) in [5.41, 5.74) is 3.21. The Hall–Kier alpha value is -2.48. The molecular formula is C16H21N7O. The summed E-state index contributed by atoms with van der Waals surface area (Å²) in [6.45, 7) is 4.26. The van der Waals surface area contributed by atoms with Crippen molar-refractivity contribution < 1.29 is 5.11 Å². The molecule has 0 bridgehead atoms. The van der Waals surface area contributed by atoms with E-state index < -0.39 is 0 Å². The van der Waals surface area contributed by atoms with Gasteiger partial charge >= 0.3 is 0 Å². The van der Waals surface area contributed by atoms with Crippen molar-refractivity contribution in [2.45, 2.75) is 39.4 Å². The van der Waals surface area contributed by atoms with Gasteiger partial charge < -0.3 is 10.0 Å². The fraction of sp³-hybridized carbons (Fsp3) is 0.500. The molecule has 3 aromatic heterocycles. The lowest BCUT2D eigenvalue weighted by Gasteiger charge is -2.18. The number of fused-ring (bicyclic) bond motifs is 2. The summed E-state index contributed by atoms with van der Waals surface area (Å²) in [5, 5.41) is 18.9. The topological polar surface area (TPSA) is 84.9 Å². The second-order valence-corrected chi connectivity index (χ2v) is 6.14. The van der Waals surface area contributed by atoms with E-state index in [1.54, 1.807) is 4.68 Å². The van der Waals surface area contributed by atoms with Crippen molar-refractivity contribution in [1.82, 2.24) is 29.5 Å². The third-order valence-electron chi connectivity index (χ3n) is 4.44. The molecule has 3 aromatic rings. The zero-order valence-corrected chi connectivity index (χ0v) is 14.0. The maximum atomic E-state index is 9.19. The van der Waals surface area contributed by atoms with Crippen LogP contribution in [0, 0.1) is 0 Å². The molecule has 4 heterocycles. The average molecular weight is 327 g/mol. The van der Waals surface area contributed by atoms with Gasteiger partial charge in [0.2, 0.25) is 0 Å². The molecule has 0 atom stereocenters. The van der Waals surface area contributed by atoms with Gasteiger partial charge in [-0.05, 0) is 6.42 Å². The maximum Gasteiger partial charge on any atom is 0.163 e. The summed E-state index contributed by atoms with van der Waals surface area (Å²) >= 11 is 0. The molecule has 8 nitrogen and oxygen atoms in total. The van der Waals surface area contributed by atoms with Crippen LogP contribution in [0.15, 0.2) is 12.4 Å². The average Bonchev–Trinajstić information content (AvgIpc) is 3.24. The number of hydrogen-bond acceptors (Lipinski definition) is 6. The summed E-state index contributed by atoms with van der Waals surface area (Å²) in [7, 11) is 1.91. The van der Waals surface area contributed by atoms with Crippen LogP contribution < -0.4 is 4.90 Å². The number of nitrogens with zero attached hydrogens (tertiary/aromatic N) is 7. The van der Waals surface area contributed by atoms with Gasteiger partial charge in [-0.25, -0.2) is 9.97 Å². The van der Waals surface area contributed by atoms with Gasteiger partial charge in [0.05, 0.1) is 43.2 Å². The molecule has 0 aromatic carbocycles. The molecule has 0 unspecified atom stereocenters. The van der Waals surface area contributed by atoms with Crippen LogP contribution in [0.5, 0.6) is 0 Å². The van der Waals surface area contributed by atoms with Crippen LogP contribution in [-0.2, 0) is 33.1 Å². The number of aliphatic hydroxyl groups is 1. The molecule has 1 N–H and O–H groups in total. The molecule has 4 rings (SSSR count). The first kappa shape index (κ1) is 15.1. The Labute approximate surface area is 139 Å². The lowest BCUT2D eigenvalue weighted by molar-refractivity contribution is 0.267. The van der Waals surface area contributed by atoms with Crippen molar-refractivity contribution in [3.63, 3.8) is 0 Å². The Morgan fingerprint density at radius 2 is 2.04 bits per heavy atom. The molecule has 1 aliphatic heterocycles. The summed E-state index contributed by atoms with van der Waals surface area (Å²) < 4.78 is 3.68. The number of aryl methyl sites for hydroxylation is 2. The lowest BCUT2D eigenvalue weighted by Crippen LogP contribution is -2.20. The Bertz CT molecular complexity index is 882. The molecule has 8 heteroatoms. The maximum absolute atomic E-state index is 9.19. The quantitative estimate of drug-likeness (QED) is 0.753. The Morgan fingerprint density at radius 3 is 2.83 bits per heavy atom. The number of hydrogen-bond donors (Lipinski definition) is 1. The molecule has 126 valence electrons. The van der Waals surface area contributed by atoms with Gasteiger partial charge in [-0.1, -0.05) is 6.92 Å². The number of aromatic nitrogens is 6. The van der Waals surface area contributed by atoms with Crippen molar-refractivity contribution in [2.75, 3.05) is 11.5 Å². The van der Waals surface area contributed by atoms with Gasteiger partial charge in [0.25, 0.3) is 0 Å². The number of aliphatic hydroxyl groups excluding tert-OH is 1. The van der Waals surface area contributed by atoms with Crippen LogP contribution >= 0.6 is 0 Å². The third-order valence-corrected chi connectivity index (χ3v) is 4.44. The van der Waals surface area contributed by atoms with Gasteiger partial charge in [-0.3, -0.25) is 9.36 Å². The molecule has 0 amide bonds. The van der Waals surface area contributed by atoms with E-state index in [0.717, 1.165) is 54.3 Å². The van der Waals surface area contributed by atoms with E-state index in [0.29, 0.717) is 6.54 Å². The normalized spacial score (nSPS) is 13.9. The van der Waals surface area contributed by atoms with Crippen LogP contribution in [-0.4, -0.2) is 41.2 Å². The van der Waals surface area contributed by atoms with Crippen molar-refractivity contribution in [3.8, 4) is 0 Å². The molecule has 0 saturated carbocycles. The molecule has 0 fully saturated rings. The van der Waals surface area contributed by atoms with E-state index >= 15 is 0 Å². The molecule has 1 aliphatic rings. The minimum atomic E-state index is 0.0924. The van der Waals surface area contributed by atoms with E-state index in [-0.39, 0.29) is 6.61 Å². The highest BCUT2D eigenvalue weighted by molar-refractivity contribution is 5.87. The van der Waals surface area contributed by atoms with Crippen LogP contribution in [0.2, 0.25) is 0 Å². The molecule has 24 heavy (non-hydrogen) atoms. The SMILES string of the molecule is CCCc1nc(N2Cc3cnn(CCO)c3C2)c2cnn(C)c2n1. The number of anilines is 1.